The van der Waals surface area contributed by atoms with Crippen LogP contribution in [0.25, 0.3) is 0 Å². The lowest BCUT2D eigenvalue weighted by molar-refractivity contribution is 0.0762. The van der Waals surface area contributed by atoms with E-state index in [9.17, 15) is 4.79 Å². The van der Waals surface area contributed by atoms with Crippen molar-refractivity contribution in [3.8, 4) is 0 Å². The van der Waals surface area contributed by atoms with Crippen LogP contribution in [0.1, 0.15) is 28.8 Å². The van der Waals surface area contributed by atoms with Crippen LogP contribution in [0.5, 0.6) is 0 Å². The van der Waals surface area contributed by atoms with Crippen molar-refractivity contribution in [2.24, 2.45) is 0 Å². The van der Waals surface area contributed by atoms with E-state index in [1.165, 1.54) is 0 Å². The van der Waals surface area contributed by atoms with Crippen LogP contribution in [-0.2, 0) is 0 Å². The molecule has 0 radical (unpaired) electrons. The first-order chi connectivity index (χ1) is 8.13. The van der Waals surface area contributed by atoms with Crippen LogP contribution in [0.3, 0.4) is 0 Å². The standard InChI is InChI=1S/C14H18N2O/c1-3-8-16(12-6-7-12)14(17)13-9-11(15)5-4-10(13)2/h3-5,9,12H,1,6-8,15H2,2H3. The second-order valence-electron chi connectivity index (χ2n) is 4.55. The lowest BCUT2D eigenvalue weighted by Gasteiger charge is -2.21. The van der Waals surface area contributed by atoms with Crippen molar-refractivity contribution in [1.29, 1.82) is 0 Å². The highest BCUT2D eigenvalue weighted by Gasteiger charge is 2.32. The van der Waals surface area contributed by atoms with E-state index in [4.69, 9.17) is 5.73 Å². The van der Waals surface area contributed by atoms with E-state index < -0.39 is 0 Å². The lowest BCUT2D eigenvalue weighted by atomic mass is 10.1. The van der Waals surface area contributed by atoms with Gasteiger partial charge in [-0.05, 0) is 37.5 Å². The summed E-state index contributed by atoms with van der Waals surface area (Å²) in [5.74, 6) is 0.0669. The van der Waals surface area contributed by atoms with Gasteiger partial charge >= 0.3 is 0 Å². The Morgan fingerprint density at radius 3 is 2.88 bits per heavy atom. The van der Waals surface area contributed by atoms with Crippen LogP contribution in [0.4, 0.5) is 5.69 Å². The summed E-state index contributed by atoms with van der Waals surface area (Å²) in [6, 6.07) is 5.86. The molecule has 0 heterocycles. The Kier molecular flexibility index (Phi) is 3.18. The number of carbonyl (C=O) groups excluding carboxylic acids is 1. The highest BCUT2D eigenvalue weighted by molar-refractivity contribution is 5.97. The first-order valence-corrected chi connectivity index (χ1v) is 5.91. The Hall–Kier alpha value is -1.77. The van der Waals surface area contributed by atoms with Gasteiger partial charge in [-0.1, -0.05) is 12.1 Å². The minimum Gasteiger partial charge on any atom is -0.399 e. The van der Waals surface area contributed by atoms with Gasteiger partial charge in [-0.25, -0.2) is 0 Å². The molecule has 2 rings (SSSR count). The van der Waals surface area contributed by atoms with Crippen LogP contribution in [0, 0.1) is 6.92 Å². The van der Waals surface area contributed by atoms with Crippen molar-refractivity contribution in [3.63, 3.8) is 0 Å². The van der Waals surface area contributed by atoms with E-state index in [-0.39, 0.29) is 5.91 Å². The number of anilines is 1. The topological polar surface area (TPSA) is 46.3 Å². The maximum atomic E-state index is 12.4. The summed E-state index contributed by atoms with van der Waals surface area (Å²) in [6.07, 6.45) is 3.97. The molecule has 0 saturated heterocycles. The molecule has 0 aromatic heterocycles. The number of amides is 1. The monoisotopic (exact) mass is 230 g/mol. The average Bonchev–Trinajstić information content (AvgIpc) is 3.12. The Morgan fingerprint density at radius 1 is 1.59 bits per heavy atom. The van der Waals surface area contributed by atoms with Crippen LogP contribution < -0.4 is 5.73 Å². The Balaban J connectivity index is 2.27. The van der Waals surface area contributed by atoms with Crippen LogP contribution in [-0.4, -0.2) is 23.4 Å². The summed E-state index contributed by atoms with van der Waals surface area (Å²) in [5, 5.41) is 0. The minimum atomic E-state index is 0.0669. The number of nitrogens with two attached hydrogens (primary N) is 1. The molecule has 1 aromatic carbocycles. The van der Waals surface area contributed by atoms with E-state index in [2.05, 4.69) is 6.58 Å². The minimum absolute atomic E-state index is 0.0669. The number of hydrogen-bond acceptors (Lipinski definition) is 2. The van der Waals surface area contributed by atoms with Crippen LogP contribution >= 0.6 is 0 Å². The third-order valence-corrected chi connectivity index (χ3v) is 3.07. The highest BCUT2D eigenvalue weighted by atomic mass is 16.2. The predicted molar refractivity (Wildman–Crippen MR) is 69.8 cm³/mol. The number of benzene rings is 1. The van der Waals surface area contributed by atoms with Gasteiger partial charge < -0.3 is 10.6 Å². The van der Waals surface area contributed by atoms with Gasteiger partial charge in [-0.2, -0.15) is 0 Å². The average molecular weight is 230 g/mol. The van der Waals surface area contributed by atoms with Crippen molar-refractivity contribution in [2.75, 3.05) is 12.3 Å². The van der Waals surface area contributed by atoms with Gasteiger partial charge in [0.05, 0.1) is 0 Å². The van der Waals surface area contributed by atoms with Crippen molar-refractivity contribution in [3.05, 3.63) is 42.0 Å². The molecule has 17 heavy (non-hydrogen) atoms. The van der Waals surface area contributed by atoms with Crippen molar-refractivity contribution in [1.82, 2.24) is 4.90 Å². The van der Waals surface area contributed by atoms with E-state index >= 15 is 0 Å². The summed E-state index contributed by atoms with van der Waals surface area (Å²) < 4.78 is 0. The number of nitrogen functional groups attached to an aromatic ring is 1. The van der Waals surface area contributed by atoms with Gasteiger partial charge in [-0.3, -0.25) is 4.79 Å². The molecule has 1 aliphatic rings. The second-order valence-corrected chi connectivity index (χ2v) is 4.55. The molecule has 1 amide bonds. The van der Waals surface area contributed by atoms with Gasteiger partial charge in [0, 0.05) is 23.8 Å². The molecule has 0 unspecified atom stereocenters. The molecular weight excluding hydrogens is 212 g/mol. The molecule has 2 N–H and O–H groups in total. The molecule has 1 aromatic rings. The first-order valence-electron chi connectivity index (χ1n) is 5.91. The molecule has 1 fully saturated rings. The SMILES string of the molecule is C=CCN(C(=O)c1cc(N)ccc1C)C1CC1. The number of carbonyl (C=O) groups is 1. The summed E-state index contributed by atoms with van der Waals surface area (Å²) in [5.41, 5.74) is 8.05. The highest BCUT2D eigenvalue weighted by Crippen LogP contribution is 2.29. The third kappa shape index (κ3) is 2.49. The first kappa shape index (κ1) is 11.7. The quantitative estimate of drug-likeness (QED) is 0.637. The molecule has 0 bridgehead atoms. The molecule has 90 valence electrons. The lowest BCUT2D eigenvalue weighted by Crippen LogP contribution is -2.33. The number of hydrogen-bond donors (Lipinski definition) is 1. The van der Waals surface area contributed by atoms with Crippen molar-refractivity contribution in [2.45, 2.75) is 25.8 Å². The van der Waals surface area contributed by atoms with E-state index in [0.717, 1.165) is 18.4 Å². The van der Waals surface area contributed by atoms with Gasteiger partial charge in [0.1, 0.15) is 0 Å². The van der Waals surface area contributed by atoms with E-state index in [1.807, 2.05) is 24.0 Å². The van der Waals surface area contributed by atoms with Crippen molar-refractivity contribution >= 4 is 11.6 Å². The molecule has 3 heteroatoms. The van der Waals surface area contributed by atoms with Gasteiger partial charge in [-0.15, -0.1) is 6.58 Å². The van der Waals surface area contributed by atoms with Gasteiger partial charge in [0.15, 0.2) is 0 Å². The molecule has 3 nitrogen and oxygen atoms in total. The number of aryl methyl sites for hydroxylation is 1. The zero-order chi connectivity index (χ0) is 12.4. The molecule has 0 atom stereocenters. The number of nitrogens with zero attached hydrogens (tertiary/aromatic N) is 1. The van der Waals surface area contributed by atoms with Gasteiger partial charge in [0.2, 0.25) is 0 Å². The molecule has 1 aliphatic carbocycles. The Bertz CT molecular complexity index is 450. The fourth-order valence-electron chi connectivity index (χ4n) is 1.95. The summed E-state index contributed by atoms with van der Waals surface area (Å²) >= 11 is 0. The zero-order valence-electron chi connectivity index (χ0n) is 10.1. The van der Waals surface area contributed by atoms with Gasteiger partial charge in [0.25, 0.3) is 5.91 Å². The van der Waals surface area contributed by atoms with Crippen molar-refractivity contribution < 1.29 is 4.79 Å². The smallest absolute Gasteiger partial charge is 0.254 e. The normalized spacial score (nSPS) is 14.4. The summed E-state index contributed by atoms with van der Waals surface area (Å²) in [7, 11) is 0. The van der Waals surface area contributed by atoms with Crippen LogP contribution in [0.2, 0.25) is 0 Å². The molecule has 0 aliphatic heterocycles. The molecule has 1 saturated carbocycles. The summed E-state index contributed by atoms with van der Waals surface area (Å²) in [4.78, 5) is 14.3. The maximum absolute atomic E-state index is 12.4. The number of rotatable bonds is 4. The predicted octanol–water partition coefficient (Wildman–Crippen LogP) is 2.37. The van der Waals surface area contributed by atoms with E-state index in [0.29, 0.717) is 23.8 Å². The molecule has 0 spiro atoms. The fourth-order valence-corrected chi connectivity index (χ4v) is 1.95. The largest absolute Gasteiger partial charge is 0.399 e. The van der Waals surface area contributed by atoms with E-state index in [1.54, 1.807) is 12.1 Å². The molecular formula is C14H18N2O. The second kappa shape index (κ2) is 4.62. The third-order valence-electron chi connectivity index (χ3n) is 3.07. The van der Waals surface area contributed by atoms with Crippen LogP contribution in [0.15, 0.2) is 30.9 Å². The fraction of sp³-hybridized carbons (Fsp3) is 0.357. The zero-order valence-corrected chi connectivity index (χ0v) is 10.1. The maximum Gasteiger partial charge on any atom is 0.254 e. The Labute approximate surface area is 102 Å². The Morgan fingerprint density at radius 2 is 2.29 bits per heavy atom. The summed E-state index contributed by atoms with van der Waals surface area (Å²) in [6.45, 7) is 6.25.